The third-order valence-corrected chi connectivity index (χ3v) is 2.39. The lowest BCUT2D eigenvalue weighted by atomic mass is 10.2. The molecule has 0 aliphatic rings. The van der Waals surface area contributed by atoms with E-state index in [1.807, 2.05) is 25.1 Å². The minimum Gasteiger partial charge on any atom is -0.493 e. The standard InChI is InChI=1S/C12H17N3O2S/c1-4-17-11-7-9(5-6-10(11)16-3)8-14-15-12(18)13-2/h5-8H,4H2,1-3H3,(H2,13,15,18)/b14-8-. The monoisotopic (exact) mass is 267 g/mol. The number of rotatable bonds is 5. The van der Waals surface area contributed by atoms with E-state index in [-0.39, 0.29) is 0 Å². The van der Waals surface area contributed by atoms with Crippen molar-refractivity contribution >= 4 is 23.5 Å². The largest absolute Gasteiger partial charge is 0.493 e. The molecule has 0 aliphatic heterocycles. The number of benzene rings is 1. The van der Waals surface area contributed by atoms with Crippen LogP contribution in [0.3, 0.4) is 0 Å². The Labute approximate surface area is 112 Å². The summed E-state index contributed by atoms with van der Waals surface area (Å²) in [6.45, 7) is 2.51. The van der Waals surface area contributed by atoms with Gasteiger partial charge in [-0.3, -0.25) is 5.43 Å². The Morgan fingerprint density at radius 1 is 1.44 bits per heavy atom. The van der Waals surface area contributed by atoms with E-state index in [1.165, 1.54) is 0 Å². The Balaban J connectivity index is 2.77. The highest BCUT2D eigenvalue weighted by molar-refractivity contribution is 7.80. The van der Waals surface area contributed by atoms with Crippen LogP contribution >= 0.6 is 12.2 Å². The zero-order chi connectivity index (χ0) is 13.4. The fourth-order valence-electron chi connectivity index (χ4n) is 1.26. The minimum atomic E-state index is 0.463. The van der Waals surface area contributed by atoms with Crippen molar-refractivity contribution in [1.29, 1.82) is 0 Å². The van der Waals surface area contributed by atoms with Crippen molar-refractivity contribution in [3.05, 3.63) is 23.8 Å². The van der Waals surface area contributed by atoms with Gasteiger partial charge in [-0.05, 0) is 42.9 Å². The van der Waals surface area contributed by atoms with Crippen LogP contribution in [0.25, 0.3) is 0 Å². The lowest BCUT2D eigenvalue weighted by Crippen LogP contribution is -2.28. The summed E-state index contributed by atoms with van der Waals surface area (Å²) in [5, 5.41) is 7.22. The van der Waals surface area contributed by atoms with Crippen LogP contribution in [0.4, 0.5) is 0 Å². The summed E-state index contributed by atoms with van der Waals surface area (Å²) in [5.74, 6) is 1.40. The van der Waals surface area contributed by atoms with Crippen LogP contribution in [-0.4, -0.2) is 32.1 Å². The minimum absolute atomic E-state index is 0.463. The number of hydrazone groups is 1. The van der Waals surface area contributed by atoms with Gasteiger partial charge in [-0.1, -0.05) is 0 Å². The molecule has 1 aromatic carbocycles. The van der Waals surface area contributed by atoms with E-state index in [1.54, 1.807) is 20.4 Å². The molecule has 0 heterocycles. The molecule has 1 rings (SSSR count). The maximum absolute atomic E-state index is 5.47. The second kappa shape index (κ2) is 7.50. The Hall–Kier alpha value is -1.82. The number of nitrogens with one attached hydrogen (secondary N) is 2. The molecular formula is C12H17N3O2S. The van der Waals surface area contributed by atoms with Gasteiger partial charge in [0.25, 0.3) is 0 Å². The molecule has 0 saturated heterocycles. The summed E-state index contributed by atoms with van der Waals surface area (Å²) in [5.41, 5.74) is 3.57. The van der Waals surface area contributed by atoms with E-state index in [0.717, 1.165) is 5.56 Å². The Bertz CT molecular complexity index is 435. The van der Waals surface area contributed by atoms with Gasteiger partial charge in [0, 0.05) is 7.05 Å². The van der Waals surface area contributed by atoms with Crippen LogP contribution < -0.4 is 20.2 Å². The average molecular weight is 267 g/mol. The first-order valence-corrected chi connectivity index (χ1v) is 5.93. The number of thiocarbonyl (C=S) groups is 1. The predicted octanol–water partition coefficient (Wildman–Crippen LogP) is 1.52. The number of ether oxygens (including phenoxy) is 2. The lowest BCUT2D eigenvalue weighted by Gasteiger charge is -2.09. The van der Waals surface area contributed by atoms with Gasteiger partial charge in [-0.25, -0.2) is 0 Å². The molecule has 0 atom stereocenters. The zero-order valence-corrected chi connectivity index (χ0v) is 11.5. The highest BCUT2D eigenvalue weighted by Crippen LogP contribution is 2.27. The first-order valence-electron chi connectivity index (χ1n) is 5.52. The Morgan fingerprint density at radius 3 is 2.83 bits per heavy atom. The van der Waals surface area contributed by atoms with E-state index >= 15 is 0 Å². The van der Waals surface area contributed by atoms with E-state index in [9.17, 15) is 0 Å². The molecule has 0 spiro atoms. The maximum Gasteiger partial charge on any atom is 0.186 e. The second-order valence-corrected chi connectivity index (χ2v) is 3.70. The first kappa shape index (κ1) is 14.2. The van der Waals surface area contributed by atoms with Crippen molar-refractivity contribution in [2.75, 3.05) is 20.8 Å². The van der Waals surface area contributed by atoms with Gasteiger partial charge >= 0.3 is 0 Å². The summed E-state index contributed by atoms with van der Waals surface area (Å²) < 4.78 is 10.7. The average Bonchev–Trinajstić information content (AvgIpc) is 2.39. The molecule has 98 valence electrons. The van der Waals surface area contributed by atoms with Crippen molar-refractivity contribution < 1.29 is 9.47 Å². The molecule has 0 aliphatic carbocycles. The highest BCUT2D eigenvalue weighted by atomic mass is 32.1. The number of hydrogen-bond acceptors (Lipinski definition) is 4. The van der Waals surface area contributed by atoms with E-state index in [0.29, 0.717) is 23.2 Å². The molecule has 0 unspecified atom stereocenters. The van der Waals surface area contributed by atoms with Gasteiger partial charge in [0.2, 0.25) is 0 Å². The molecule has 0 fully saturated rings. The Kier molecular flexibility index (Phi) is 5.93. The summed E-state index contributed by atoms with van der Waals surface area (Å²) in [6, 6.07) is 5.58. The van der Waals surface area contributed by atoms with Gasteiger partial charge in [0.15, 0.2) is 16.6 Å². The number of methoxy groups -OCH3 is 1. The summed E-state index contributed by atoms with van der Waals surface area (Å²) in [7, 11) is 3.34. The molecule has 0 bridgehead atoms. The lowest BCUT2D eigenvalue weighted by molar-refractivity contribution is 0.311. The fourth-order valence-corrected chi connectivity index (χ4v) is 1.32. The van der Waals surface area contributed by atoms with E-state index in [2.05, 4.69) is 15.8 Å². The molecule has 6 heteroatoms. The fraction of sp³-hybridized carbons (Fsp3) is 0.333. The molecule has 2 N–H and O–H groups in total. The summed E-state index contributed by atoms with van der Waals surface area (Å²) in [4.78, 5) is 0. The normalized spacial score (nSPS) is 10.2. The second-order valence-electron chi connectivity index (χ2n) is 3.29. The van der Waals surface area contributed by atoms with Gasteiger partial charge in [-0.2, -0.15) is 5.10 Å². The van der Waals surface area contributed by atoms with Crippen molar-refractivity contribution in [1.82, 2.24) is 10.7 Å². The van der Waals surface area contributed by atoms with Crippen molar-refractivity contribution in [3.8, 4) is 11.5 Å². The molecule has 18 heavy (non-hydrogen) atoms. The molecule has 0 aromatic heterocycles. The van der Waals surface area contributed by atoms with Crippen molar-refractivity contribution in [2.45, 2.75) is 6.92 Å². The third kappa shape index (κ3) is 4.21. The Morgan fingerprint density at radius 2 is 2.22 bits per heavy atom. The molecule has 5 nitrogen and oxygen atoms in total. The van der Waals surface area contributed by atoms with Crippen LogP contribution in [-0.2, 0) is 0 Å². The van der Waals surface area contributed by atoms with Crippen LogP contribution in [0.5, 0.6) is 11.5 Å². The van der Waals surface area contributed by atoms with Gasteiger partial charge in [0.1, 0.15) is 0 Å². The topological polar surface area (TPSA) is 54.9 Å². The van der Waals surface area contributed by atoms with Gasteiger partial charge in [0.05, 0.1) is 19.9 Å². The van der Waals surface area contributed by atoms with Crippen molar-refractivity contribution in [3.63, 3.8) is 0 Å². The molecular weight excluding hydrogens is 250 g/mol. The van der Waals surface area contributed by atoms with Gasteiger partial charge in [-0.15, -0.1) is 0 Å². The first-order chi connectivity index (χ1) is 8.71. The SMILES string of the molecule is CCOc1cc(/C=N\NC(=S)NC)ccc1OC. The molecule has 0 radical (unpaired) electrons. The zero-order valence-electron chi connectivity index (χ0n) is 10.7. The van der Waals surface area contributed by atoms with Crippen LogP contribution in [0, 0.1) is 0 Å². The van der Waals surface area contributed by atoms with Crippen LogP contribution in [0.15, 0.2) is 23.3 Å². The maximum atomic E-state index is 5.47. The summed E-state index contributed by atoms with van der Waals surface area (Å²) in [6.07, 6.45) is 1.66. The van der Waals surface area contributed by atoms with Crippen molar-refractivity contribution in [2.24, 2.45) is 5.10 Å². The third-order valence-electron chi connectivity index (χ3n) is 2.09. The summed E-state index contributed by atoms with van der Waals surface area (Å²) >= 11 is 4.90. The molecule has 1 aromatic rings. The number of hydrogen-bond donors (Lipinski definition) is 2. The molecule has 0 saturated carbocycles. The number of nitrogens with zero attached hydrogens (tertiary/aromatic N) is 1. The predicted molar refractivity (Wildman–Crippen MR) is 76.6 cm³/mol. The van der Waals surface area contributed by atoms with Crippen LogP contribution in [0.2, 0.25) is 0 Å². The quantitative estimate of drug-likeness (QED) is 0.481. The smallest absolute Gasteiger partial charge is 0.186 e. The van der Waals surface area contributed by atoms with Gasteiger partial charge < -0.3 is 14.8 Å². The highest BCUT2D eigenvalue weighted by Gasteiger charge is 2.03. The molecule has 0 amide bonds. The van der Waals surface area contributed by atoms with E-state index in [4.69, 9.17) is 21.7 Å². The van der Waals surface area contributed by atoms with Crippen LogP contribution in [0.1, 0.15) is 12.5 Å². The van der Waals surface area contributed by atoms with E-state index < -0.39 is 0 Å².